The van der Waals surface area contributed by atoms with Gasteiger partial charge in [-0.2, -0.15) is 0 Å². The number of thioether (sulfide) groups is 1. The molecule has 0 bridgehead atoms. The summed E-state index contributed by atoms with van der Waals surface area (Å²) in [5.74, 6) is -1.83. The number of aliphatic carboxylic acids is 1. The molecular weight excluding hydrogens is 314 g/mol. The van der Waals surface area contributed by atoms with Gasteiger partial charge in [-0.3, -0.25) is 9.59 Å². The fraction of sp³-hybridized carbons (Fsp3) is 0.294. The summed E-state index contributed by atoms with van der Waals surface area (Å²) in [5.41, 5.74) is 2.02. The third-order valence-electron chi connectivity index (χ3n) is 3.43. The molecule has 1 aromatic heterocycles. The molecule has 2 aromatic rings. The molecule has 0 spiro atoms. The molecule has 0 saturated carbocycles. The van der Waals surface area contributed by atoms with Crippen LogP contribution in [0.25, 0.3) is 0 Å². The summed E-state index contributed by atoms with van der Waals surface area (Å²) in [4.78, 5) is 23.4. The highest BCUT2D eigenvalue weighted by molar-refractivity contribution is 7.98. The first-order valence-electron chi connectivity index (χ1n) is 7.20. The van der Waals surface area contributed by atoms with E-state index in [2.05, 4.69) is 5.32 Å². The number of carbonyl (C=O) groups excluding carboxylic acids is 1. The number of benzene rings is 1. The van der Waals surface area contributed by atoms with E-state index < -0.39 is 17.8 Å². The summed E-state index contributed by atoms with van der Waals surface area (Å²) in [6, 6.07) is 11.0. The van der Waals surface area contributed by atoms with E-state index in [0.29, 0.717) is 11.5 Å². The van der Waals surface area contributed by atoms with Crippen LogP contribution in [0.15, 0.2) is 45.9 Å². The van der Waals surface area contributed by atoms with Gasteiger partial charge >= 0.3 is 5.97 Å². The largest absolute Gasteiger partial charge is 0.481 e. The molecule has 0 radical (unpaired) electrons. The molecule has 0 aliphatic rings. The zero-order valence-electron chi connectivity index (χ0n) is 13.0. The first-order valence-corrected chi connectivity index (χ1v) is 8.42. The van der Waals surface area contributed by atoms with Crippen molar-refractivity contribution in [3.8, 4) is 0 Å². The zero-order chi connectivity index (χ0) is 16.8. The van der Waals surface area contributed by atoms with Crippen LogP contribution in [0.2, 0.25) is 0 Å². The van der Waals surface area contributed by atoms with E-state index in [-0.39, 0.29) is 12.3 Å². The summed E-state index contributed by atoms with van der Waals surface area (Å²) in [6.45, 7) is 2.01. The van der Waals surface area contributed by atoms with Crippen LogP contribution in [-0.2, 0) is 11.2 Å². The fourth-order valence-electron chi connectivity index (χ4n) is 2.23. The van der Waals surface area contributed by atoms with E-state index in [0.717, 1.165) is 11.1 Å². The number of nitrogens with one attached hydrogen (secondary N) is 1. The Balaban J connectivity index is 1.97. The maximum atomic E-state index is 12.0. The predicted molar refractivity (Wildman–Crippen MR) is 88.8 cm³/mol. The van der Waals surface area contributed by atoms with Gasteiger partial charge in [0.25, 0.3) is 5.91 Å². The maximum absolute atomic E-state index is 12.0. The van der Waals surface area contributed by atoms with Crippen LogP contribution in [0.3, 0.4) is 0 Å². The molecule has 1 atom stereocenters. The number of carboxylic acids is 1. The highest BCUT2D eigenvalue weighted by Crippen LogP contribution is 2.18. The molecule has 0 fully saturated rings. The lowest BCUT2D eigenvalue weighted by Gasteiger charge is -2.13. The van der Waals surface area contributed by atoms with Crippen molar-refractivity contribution in [1.29, 1.82) is 0 Å². The van der Waals surface area contributed by atoms with Gasteiger partial charge in [-0.05, 0) is 37.3 Å². The molecule has 0 saturated heterocycles. The first-order chi connectivity index (χ1) is 11.0. The van der Waals surface area contributed by atoms with E-state index in [4.69, 9.17) is 4.42 Å². The van der Waals surface area contributed by atoms with Crippen molar-refractivity contribution >= 4 is 23.6 Å². The highest BCUT2D eigenvalue weighted by Gasteiger charge is 2.20. The van der Waals surface area contributed by atoms with E-state index in [1.54, 1.807) is 12.1 Å². The Bertz CT molecular complexity index is 695. The van der Waals surface area contributed by atoms with Gasteiger partial charge in [0, 0.05) is 6.54 Å². The van der Waals surface area contributed by atoms with Gasteiger partial charge in [-0.25, -0.2) is 0 Å². The second-order valence-electron chi connectivity index (χ2n) is 5.26. The van der Waals surface area contributed by atoms with Gasteiger partial charge in [0.1, 0.15) is 0 Å². The normalized spacial score (nSPS) is 11.9. The number of amides is 1. The van der Waals surface area contributed by atoms with Gasteiger partial charge in [0.15, 0.2) is 10.9 Å². The Labute approximate surface area is 139 Å². The number of hydrogen-bond acceptors (Lipinski definition) is 4. The Kier molecular flexibility index (Phi) is 5.87. The number of aryl methyl sites for hydroxylation is 1. The van der Waals surface area contributed by atoms with Crippen molar-refractivity contribution in [1.82, 2.24) is 5.32 Å². The van der Waals surface area contributed by atoms with Crippen molar-refractivity contribution in [2.45, 2.75) is 18.4 Å². The number of carboxylic acid groups (broad SMARTS) is 1. The van der Waals surface area contributed by atoms with Crippen molar-refractivity contribution in [3.63, 3.8) is 0 Å². The molecule has 2 rings (SSSR count). The van der Waals surface area contributed by atoms with E-state index in [1.807, 2.05) is 37.4 Å². The van der Waals surface area contributed by atoms with Crippen LogP contribution in [-0.4, -0.2) is 29.8 Å². The Morgan fingerprint density at radius 3 is 2.70 bits per heavy atom. The minimum Gasteiger partial charge on any atom is -0.481 e. The smallest absolute Gasteiger partial charge is 0.308 e. The quantitative estimate of drug-likeness (QED) is 0.762. The Morgan fingerprint density at radius 2 is 2.09 bits per heavy atom. The lowest BCUT2D eigenvalue weighted by Crippen LogP contribution is -2.34. The van der Waals surface area contributed by atoms with Crippen LogP contribution in [0.5, 0.6) is 0 Å². The third kappa shape index (κ3) is 4.89. The molecule has 5 nitrogen and oxygen atoms in total. The topological polar surface area (TPSA) is 79.5 Å². The van der Waals surface area contributed by atoms with Crippen molar-refractivity contribution in [3.05, 3.63) is 53.3 Å². The van der Waals surface area contributed by atoms with Crippen LogP contribution in [0, 0.1) is 12.8 Å². The monoisotopic (exact) mass is 333 g/mol. The minimum absolute atomic E-state index is 0.0530. The van der Waals surface area contributed by atoms with Crippen molar-refractivity contribution in [2.75, 3.05) is 12.8 Å². The summed E-state index contributed by atoms with van der Waals surface area (Å²) in [5, 5.41) is 12.6. The second kappa shape index (κ2) is 7.87. The SMILES string of the molecule is CSc1ccc(C(=O)NC[C@H](Cc2cccc(C)c2)C(=O)O)o1. The molecule has 0 aliphatic carbocycles. The summed E-state index contributed by atoms with van der Waals surface area (Å²) in [6.07, 6.45) is 2.22. The molecule has 0 aliphatic heterocycles. The molecule has 122 valence electrons. The maximum Gasteiger partial charge on any atom is 0.308 e. The van der Waals surface area contributed by atoms with Gasteiger partial charge < -0.3 is 14.8 Å². The van der Waals surface area contributed by atoms with E-state index in [1.165, 1.54) is 11.8 Å². The van der Waals surface area contributed by atoms with E-state index in [9.17, 15) is 14.7 Å². The molecule has 6 heteroatoms. The van der Waals surface area contributed by atoms with Crippen LogP contribution < -0.4 is 5.32 Å². The van der Waals surface area contributed by atoms with Gasteiger partial charge in [-0.15, -0.1) is 0 Å². The second-order valence-corrected chi connectivity index (χ2v) is 6.07. The number of rotatable bonds is 7. The molecule has 0 unspecified atom stereocenters. The minimum atomic E-state index is -0.934. The molecule has 23 heavy (non-hydrogen) atoms. The van der Waals surface area contributed by atoms with Crippen molar-refractivity contribution < 1.29 is 19.1 Å². The standard InChI is InChI=1S/C17H19NO4S/c1-11-4-3-5-12(8-11)9-13(17(20)21)10-18-16(19)14-6-7-15(22-14)23-2/h3-8,13H,9-10H2,1-2H3,(H,18,19)(H,20,21)/t13-/m0/s1. The van der Waals surface area contributed by atoms with Gasteiger partial charge in [-0.1, -0.05) is 41.6 Å². The van der Waals surface area contributed by atoms with E-state index >= 15 is 0 Å². The van der Waals surface area contributed by atoms with Crippen molar-refractivity contribution in [2.24, 2.45) is 5.92 Å². The summed E-state index contributed by atoms with van der Waals surface area (Å²) >= 11 is 1.40. The lowest BCUT2D eigenvalue weighted by atomic mass is 9.98. The Morgan fingerprint density at radius 1 is 1.30 bits per heavy atom. The highest BCUT2D eigenvalue weighted by atomic mass is 32.2. The van der Waals surface area contributed by atoms with Crippen LogP contribution in [0.1, 0.15) is 21.7 Å². The average molecular weight is 333 g/mol. The number of furan rings is 1. The number of carbonyl (C=O) groups is 2. The first kappa shape index (κ1) is 17.1. The molecule has 2 N–H and O–H groups in total. The molecule has 1 heterocycles. The summed E-state index contributed by atoms with van der Waals surface area (Å²) < 4.78 is 5.32. The predicted octanol–water partition coefficient (Wildman–Crippen LogP) is 2.98. The molecule has 1 aromatic carbocycles. The zero-order valence-corrected chi connectivity index (χ0v) is 13.9. The average Bonchev–Trinajstić information content (AvgIpc) is 3.00. The number of hydrogen-bond donors (Lipinski definition) is 2. The Hall–Kier alpha value is -2.21. The van der Waals surface area contributed by atoms with Gasteiger partial charge in [0.2, 0.25) is 0 Å². The molecular formula is C17H19NO4S. The summed E-state index contributed by atoms with van der Waals surface area (Å²) in [7, 11) is 0. The van der Waals surface area contributed by atoms with Crippen LogP contribution in [0.4, 0.5) is 0 Å². The van der Waals surface area contributed by atoms with Gasteiger partial charge in [0.05, 0.1) is 5.92 Å². The lowest BCUT2D eigenvalue weighted by molar-refractivity contribution is -0.141. The third-order valence-corrected chi connectivity index (χ3v) is 4.05. The fourth-order valence-corrected chi connectivity index (χ4v) is 2.60. The molecule has 1 amide bonds. The van der Waals surface area contributed by atoms with Crippen LogP contribution >= 0.6 is 11.8 Å².